The smallest absolute Gasteiger partial charge is 0.333 e. The van der Waals surface area contributed by atoms with Crippen molar-refractivity contribution in [2.24, 2.45) is 0 Å². The summed E-state index contributed by atoms with van der Waals surface area (Å²) in [6, 6.07) is 24.8. The normalized spacial score (nSPS) is 11.3. The molecule has 0 saturated carbocycles. The second-order valence-electron chi connectivity index (χ2n) is 6.65. The number of carbonyl (C=O) groups excluding carboxylic acids is 1. The molecule has 0 radical (unpaired) electrons. The highest BCUT2D eigenvalue weighted by Crippen LogP contribution is 2.29. The van der Waals surface area contributed by atoms with Crippen LogP contribution < -0.4 is 5.32 Å². The quantitative estimate of drug-likeness (QED) is 0.546. The van der Waals surface area contributed by atoms with E-state index in [0.29, 0.717) is 12.2 Å². The van der Waals surface area contributed by atoms with E-state index in [1.54, 1.807) is 31.2 Å². The zero-order chi connectivity index (χ0) is 20.6. The molecule has 1 atom stereocenters. The van der Waals surface area contributed by atoms with E-state index in [0.717, 1.165) is 28.8 Å². The SMILES string of the molecule is CCOC(=O)C(Nc1ccc(C#N)cc1)c1ccc(-c2ccccc2)c(CC)c1. The molecule has 0 fully saturated rings. The van der Waals surface area contributed by atoms with Gasteiger partial charge in [-0.1, -0.05) is 55.5 Å². The second kappa shape index (κ2) is 9.57. The summed E-state index contributed by atoms with van der Waals surface area (Å²) in [5.74, 6) is -0.327. The van der Waals surface area contributed by atoms with Crippen LogP contribution in [0.1, 0.15) is 36.6 Å². The van der Waals surface area contributed by atoms with Gasteiger partial charge in [0, 0.05) is 5.69 Å². The van der Waals surface area contributed by atoms with Gasteiger partial charge in [-0.2, -0.15) is 5.26 Å². The van der Waals surface area contributed by atoms with Gasteiger partial charge in [-0.3, -0.25) is 0 Å². The van der Waals surface area contributed by atoms with Crippen LogP contribution in [0.25, 0.3) is 11.1 Å². The molecule has 0 aliphatic rings. The molecule has 0 aliphatic heterocycles. The van der Waals surface area contributed by atoms with Gasteiger partial charge in [0.25, 0.3) is 0 Å². The van der Waals surface area contributed by atoms with Crippen molar-refractivity contribution in [2.75, 3.05) is 11.9 Å². The average Bonchev–Trinajstić information content (AvgIpc) is 2.78. The molecule has 1 N–H and O–H groups in total. The maximum atomic E-state index is 12.7. The lowest BCUT2D eigenvalue weighted by Gasteiger charge is -2.20. The van der Waals surface area contributed by atoms with Crippen LogP contribution >= 0.6 is 0 Å². The lowest BCUT2D eigenvalue weighted by atomic mass is 9.93. The highest BCUT2D eigenvalue weighted by atomic mass is 16.5. The summed E-state index contributed by atoms with van der Waals surface area (Å²) in [4.78, 5) is 12.7. The maximum absolute atomic E-state index is 12.7. The number of rotatable bonds is 7. The number of anilines is 1. The Kier molecular flexibility index (Phi) is 6.65. The van der Waals surface area contributed by atoms with Crippen LogP contribution in [0.4, 0.5) is 5.69 Å². The summed E-state index contributed by atoms with van der Waals surface area (Å²) in [5, 5.41) is 12.2. The molecule has 29 heavy (non-hydrogen) atoms. The second-order valence-corrected chi connectivity index (χ2v) is 6.65. The molecule has 1 unspecified atom stereocenters. The molecule has 0 heterocycles. The van der Waals surface area contributed by atoms with Crippen molar-refractivity contribution in [1.82, 2.24) is 0 Å². The number of nitrogens with one attached hydrogen (secondary N) is 1. The van der Waals surface area contributed by atoms with E-state index in [1.807, 2.05) is 24.3 Å². The zero-order valence-corrected chi connectivity index (χ0v) is 16.7. The Balaban J connectivity index is 1.96. The highest BCUT2D eigenvalue weighted by Gasteiger charge is 2.23. The van der Waals surface area contributed by atoms with E-state index in [-0.39, 0.29) is 5.97 Å². The summed E-state index contributed by atoms with van der Waals surface area (Å²) in [6.07, 6.45) is 0.852. The summed E-state index contributed by atoms with van der Waals surface area (Å²) < 4.78 is 5.31. The average molecular weight is 384 g/mol. The predicted molar refractivity (Wildman–Crippen MR) is 115 cm³/mol. The molecule has 3 rings (SSSR count). The standard InChI is InChI=1S/C25H24N2O2/c1-3-19-16-21(12-15-23(19)20-8-6-5-7-9-20)24(25(28)29-4-2)27-22-13-10-18(17-26)11-14-22/h5-16,24,27H,3-4H2,1-2H3. The number of hydrogen-bond acceptors (Lipinski definition) is 4. The molecule has 3 aromatic rings. The van der Waals surface area contributed by atoms with Crippen LogP contribution in [0.15, 0.2) is 72.8 Å². The van der Waals surface area contributed by atoms with Crippen molar-refractivity contribution in [1.29, 1.82) is 5.26 Å². The zero-order valence-electron chi connectivity index (χ0n) is 16.7. The van der Waals surface area contributed by atoms with E-state index in [4.69, 9.17) is 10.00 Å². The molecule has 3 aromatic carbocycles. The Bertz CT molecular complexity index is 1010. The summed E-state index contributed by atoms with van der Waals surface area (Å²) >= 11 is 0. The first-order chi connectivity index (χ1) is 14.2. The number of esters is 1. The van der Waals surface area contributed by atoms with Crippen molar-refractivity contribution in [2.45, 2.75) is 26.3 Å². The Morgan fingerprint density at radius 2 is 1.76 bits per heavy atom. The van der Waals surface area contributed by atoms with Gasteiger partial charge in [-0.05, 0) is 59.9 Å². The largest absolute Gasteiger partial charge is 0.464 e. The third kappa shape index (κ3) is 4.83. The topological polar surface area (TPSA) is 62.1 Å². The summed E-state index contributed by atoms with van der Waals surface area (Å²) in [6.45, 7) is 4.22. The van der Waals surface area contributed by atoms with Gasteiger partial charge in [0.1, 0.15) is 0 Å². The van der Waals surface area contributed by atoms with Crippen molar-refractivity contribution in [3.63, 3.8) is 0 Å². The van der Waals surface area contributed by atoms with E-state index in [9.17, 15) is 4.79 Å². The number of benzene rings is 3. The summed E-state index contributed by atoms with van der Waals surface area (Å²) in [7, 11) is 0. The number of nitrogens with zero attached hydrogens (tertiary/aromatic N) is 1. The van der Waals surface area contributed by atoms with Crippen LogP contribution in [0, 0.1) is 11.3 Å². The first-order valence-corrected chi connectivity index (χ1v) is 9.77. The van der Waals surface area contributed by atoms with Gasteiger partial charge in [0.05, 0.1) is 18.2 Å². The van der Waals surface area contributed by atoms with E-state index < -0.39 is 6.04 Å². The van der Waals surface area contributed by atoms with Gasteiger partial charge in [-0.15, -0.1) is 0 Å². The van der Waals surface area contributed by atoms with Crippen LogP contribution in [0.2, 0.25) is 0 Å². The molecule has 0 saturated heterocycles. The first kappa shape index (κ1) is 20.2. The van der Waals surface area contributed by atoms with Gasteiger partial charge in [-0.25, -0.2) is 4.79 Å². The minimum absolute atomic E-state index is 0.313. The van der Waals surface area contributed by atoms with Crippen LogP contribution in [-0.4, -0.2) is 12.6 Å². The third-order valence-corrected chi connectivity index (χ3v) is 4.78. The number of nitriles is 1. The van der Waals surface area contributed by atoms with Crippen LogP contribution in [0.3, 0.4) is 0 Å². The molecular weight excluding hydrogens is 360 g/mol. The number of carbonyl (C=O) groups is 1. The molecule has 0 amide bonds. The number of hydrogen-bond donors (Lipinski definition) is 1. The minimum Gasteiger partial charge on any atom is -0.464 e. The van der Waals surface area contributed by atoms with E-state index >= 15 is 0 Å². The van der Waals surface area contributed by atoms with E-state index in [2.05, 4.69) is 42.6 Å². The minimum atomic E-state index is -0.627. The van der Waals surface area contributed by atoms with Crippen molar-refractivity contribution in [3.05, 3.63) is 89.5 Å². The predicted octanol–water partition coefficient (Wildman–Crippen LogP) is 5.50. The Hall–Kier alpha value is -3.58. The molecular formula is C25H24N2O2. The fourth-order valence-electron chi connectivity index (χ4n) is 3.30. The maximum Gasteiger partial charge on any atom is 0.333 e. The number of ether oxygens (including phenoxy) is 1. The summed E-state index contributed by atoms with van der Waals surface area (Å²) in [5.41, 5.74) is 5.67. The molecule has 4 nitrogen and oxygen atoms in total. The third-order valence-electron chi connectivity index (χ3n) is 4.78. The molecule has 0 aromatic heterocycles. The monoisotopic (exact) mass is 384 g/mol. The van der Waals surface area contributed by atoms with Crippen molar-refractivity contribution in [3.8, 4) is 17.2 Å². The first-order valence-electron chi connectivity index (χ1n) is 9.77. The van der Waals surface area contributed by atoms with Gasteiger partial charge in [0.2, 0.25) is 0 Å². The highest BCUT2D eigenvalue weighted by molar-refractivity contribution is 5.82. The van der Waals surface area contributed by atoms with Gasteiger partial charge in [0.15, 0.2) is 6.04 Å². The fourth-order valence-corrected chi connectivity index (χ4v) is 3.30. The van der Waals surface area contributed by atoms with Gasteiger partial charge >= 0.3 is 5.97 Å². The molecule has 0 bridgehead atoms. The molecule has 0 aliphatic carbocycles. The van der Waals surface area contributed by atoms with Crippen molar-refractivity contribution < 1.29 is 9.53 Å². The van der Waals surface area contributed by atoms with Gasteiger partial charge < -0.3 is 10.1 Å². The molecule has 4 heteroatoms. The lowest BCUT2D eigenvalue weighted by Crippen LogP contribution is -2.23. The Labute approximate surface area is 171 Å². The fraction of sp³-hybridized carbons (Fsp3) is 0.200. The Morgan fingerprint density at radius 1 is 1.03 bits per heavy atom. The Morgan fingerprint density at radius 3 is 2.38 bits per heavy atom. The van der Waals surface area contributed by atoms with E-state index in [1.165, 1.54) is 5.56 Å². The van der Waals surface area contributed by atoms with Crippen LogP contribution in [-0.2, 0) is 16.0 Å². The number of aryl methyl sites for hydroxylation is 1. The molecule has 0 spiro atoms. The van der Waals surface area contributed by atoms with Crippen molar-refractivity contribution >= 4 is 11.7 Å². The van der Waals surface area contributed by atoms with Crippen LogP contribution in [0.5, 0.6) is 0 Å². The molecule has 146 valence electrons. The lowest BCUT2D eigenvalue weighted by molar-refractivity contribution is -0.144.